The van der Waals surface area contributed by atoms with E-state index in [2.05, 4.69) is 27.0 Å². The van der Waals surface area contributed by atoms with Gasteiger partial charge in [-0.1, -0.05) is 0 Å². The highest BCUT2D eigenvalue weighted by atomic mass is 16.7. The molecule has 1 aromatic rings. The number of methoxy groups -OCH3 is 1. The van der Waals surface area contributed by atoms with Crippen molar-refractivity contribution in [1.82, 2.24) is 0 Å². The Labute approximate surface area is 160 Å². The molecule has 27 heavy (non-hydrogen) atoms. The molecule has 1 saturated heterocycles. The van der Waals surface area contributed by atoms with E-state index in [1.807, 2.05) is 0 Å². The van der Waals surface area contributed by atoms with Gasteiger partial charge in [-0.25, -0.2) is 0 Å². The van der Waals surface area contributed by atoms with E-state index in [0.29, 0.717) is 24.6 Å². The molecular weight excluding hydrogens is 346 g/mol. The number of carbonyl (C=O) groups excluding carboxylic acids is 1. The average molecular weight is 376 g/mol. The summed E-state index contributed by atoms with van der Waals surface area (Å²) in [6, 6.07) is 2.15. The largest absolute Gasteiger partial charge is 0.492 e. The first kappa shape index (κ1) is 18.6. The van der Waals surface area contributed by atoms with Crippen LogP contribution in [0.1, 0.15) is 50.3 Å². The number of hydrogen-bond acceptors (Lipinski definition) is 5. The van der Waals surface area contributed by atoms with Crippen LogP contribution in [-0.4, -0.2) is 45.5 Å². The number of hydrogen-bond donors (Lipinski definition) is 1. The number of fused-ring (bicyclic) bond motifs is 2. The van der Waals surface area contributed by atoms with Crippen LogP contribution in [0.2, 0.25) is 0 Å². The third-order valence-electron chi connectivity index (χ3n) is 6.24. The lowest BCUT2D eigenvalue weighted by Crippen LogP contribution is -3.10. The summed E-state index contributed by atoms with van der Waals surface area (Å²) in [6.45, 7) is 6.02. The quantitative estimate of drug-likeness (QED) is 0.867. The smallest absolute Gasteiger partial charge is 0.231 e. The number of ketones is 1. The predicted octanol–water partition coefficient (Wildman–Crippen LogP) is 1.70. The lowest BCUT2D eigenvalue weighted by Gasteiger charge is -2.37. The van der Waals surface area contributed by atoms with E-state index < -0.39 is 0 Å². The molecule has 0 amide bonds. The molecule has 4 rings (SSSR count). The van der Waals surface area contributed by atoms with E-state index >= 15 is 0 Å². The Morgan fingerprint density at radius 3 is 2.93 bits per heavy atom. The molecule has 0 spiro atoms. The highest BCUT2D eigenvalue weighted by molar-refractivity contribution is 5.82. The van der Waals surface area contributed by atoms with Gasteiger partial charge < -0.3 is 23.8 Å². The van der Waals surface area contributed by atoms with Gasteiger partial charge in [-0.15, -0.1) is 0 Å². The number of Topliss-reactive ketones (excluding diaryl/α,β-unsaturated/α-hetero) is 1. The number of benzene rings is 1. The highest BCUT2D eigenvalue weighted by Gasteiger charge is 2.40. The van der Waals surface area contributed by atoms with Gasteiger partial charge in [0.25, 0.3) is 0 Å². The highest BCUT2D eigenvalue weighted by Crippen LogP contribution is 2.48. The summed E-state index contributed by atoms with van der Waals surface area (Å²) in [5, 5.41) is 0. The predicted molar refractivity (Wildman–Crippen MR) is 99.7 cm³/mol. The molecule has 3 aliphatic rings. The Balaban J connectivity index is 1.63. The first-order valence-corrected chi connectivity index (χ1v) is 9.88. The Morgan fingerprint density at radius 1 is 1.37 bits per heavy atom. The molecule has 1 fully saturated rings. The van der Waals surface area contributed by atoms with Crippen molar-refractivity contribution < 1.29 is 28.6 Å². The minimum absolute atomic E-state index is 0.0759. The number of rotatable bonds is 4. The van der Waals surface area contributed by atoms with Crippen LogP contribution in [-0.2, 0) is 16.0 Å². The molecule has 0 aromatic heterocycles. The molecule has 6 heteroatoms. The molecule has 3 heterocycles. The zero-order chi connectivity index (χ0) is 19.2. The van der Waals surface area contributed by atoms with E-state index in [1.54, 1.807) is 7.11 Å². The second-order valence-electron chi connectivity index (χ2n) is 8.58. The van der Waals surface area contributed by atoms with E-state index in [-0.39, 0.29) is 24.4 Å². The molecule has 0 aliphatic carbocycles. The van der Waals surface area contributed by atoms with Gasteiger partial charge >= 0.3 is 0 Å². The molecule has 0 bridgehead atoms. The summed E-state index contributed by atoms with van der Waals surface area (Å²) in [7, 11) is 3.83. The van der Waals surface area contributed by atoms with Crippen LogP contribution in [0.25, 0.3) is 0 Å². The average Bonchev–Trinajstić information content (AvgIpc) is 3.09. The molecule has 3 atom stereocenters. The monoisotopic (exact) mass is 376 g/mol. The number of carbonyl (C=O) groups is 1. The number of nitrogens with one attached hydrogen (secondary N) is 1. The fourth-order valence-electron chi connectivity index (χ4n) is 4.77. The fraction of sp³-hybridized carbons (Fsp3) is 0.667. The van der Waals surface area contributed by atoms with E-state index in [1.165, 1.54) is 10.5 Å². The fourth-order valence-corrected chi connectivity index (χ4v) is 4.77. The van der Waals surface area contributed by atoms with Gasteiger partial charge in [0.15, 0.2) is 11.5 Å². The van der Waals surface area contributed by atoms with Gasteiger partial charge in [0.2, 0.25) is 12.5 Å². The number of quaternary nitrogens is 1. The minimum Gasteiger partial charge on any atom is -0.492 e. The maximum absolute atomic E-state index is 13.2. The molecule has 6 nitrogen and oxygen atoms in total. The third kappa shape index (κ3) is 3.41. The van der Waals surface area contributed by atoms with Crippen molar-refractivity contribution >= 4 is 5.78 Å². The van der Waals surface area contributed by atoms with Crippen LogP contribution < -0.4 is 19.1 Å². The van der Waals surface area contributed by atoms with Gasteiger partial charge in [-0.05, 0) is 38.3 Å². The number of ether oxygens (including phenoxy) is 4. The van der Waals surface area contributed by atoms with Gasteiger partial charge in [-0.2, -0.15) is 0 Å². The van der Waals surface area contributed by atoms with Crippen molar-refractivity contribution in [2.24, 2.45) is 5.92 Å². The summed E-state index contributed by atoms with van der Waals surface area (Å²) in [5.74, 6) is 2.58. The van der Waals surface area contributed by atoms with Crippen LogP contribution in [0.5, 0.6) is 17.2 Å². The zero-order valence-electron chi connectivity index (χ0n) is 16.7. The van der Waals surface area contributed by atoms with Gasteiger partial charge in [-0.3, -0.25) is 4.79 Å². The SMILES string of the molecule is COc1c2c(cc3c1[C@@H](CC(=O)[C@H]1CCOC(C)(C)C1)[NH+](C)CC3)OCO2. The molecule has 148 valence electrons. The van der Waals surface area contributed by atoms with Gasteiger partial charge in [0, 0.05) is 18.9 Å². The molecule has 1 unspecified atom stereocenters. The lowest BCUT2D eigenvalue weighted by atomic mass is 9.81. The maximum atomic E-state index is 13.2. The molecule has 1 aromatic carbocycles. The summed E-state index contributed by atoms with van der Waals surface area (Å²) in [4.78, 5) is 14.5. The Morgan fingerprint density at radius 2 is 2.19 bits per heavy atom. The second-order valence-corrected chi connectivity index (χ2v) is 8.58. The maximum Gasteiger partial charge on any atom is 0.231 e. The van der Waals surface area contributed by atoms with Crippen LogP contribution in [0.3, 0.4) is 0 Å². The van der Waals surface area contributed by atoms with Gasteiger partial charge in [0.05, 0.1) is 38.3 Å². The topological polar surface area (TPSA) is 58.4 Å². The Bertz CT molecular complexity index is 745. The summed E-state index contributed by atoms with van der Waals surface area (Å²) < 4.78 is 22.8. The standard InChI is InChI=1S/C21H29NO5/c1-21(2)11-14(6-8-27-21)16(23)10-15-18-13(5-7-22(15)3)9-17-19(20(18)24-4)26-12-25-17/h9,14-15H,5-8,10-12H2,1-4H3/p+1/t14-,15+/m0/s1. The normalized spacial score (nSPS) is 28.5. The van der Waals surface area contributed by atoms with Crippen molar-refractivity contribution in [1.29, 1.82) is 0 Å². The van der Waals surface area contributed by atoms with Crippen LogP contribution >= 0.6 is 0 Å². The van der Waals surface area contributed by atoms with Crippen molar-refractivity contribution in [3.05, 3.63) is 17.2 Å². The molecule has 0 saturated carbocycles. The van der Waals surface area contributed by atoms with E-state index in [0.717, 1.165) is 42.9 Å². The van der Waals surface area contributed by atoms with Crippen LogP contribution in [0.15, 0.2) is 6.07 Å². The van der Waals surface area contributed by atoms with Crippen molar-refractivity contribution in [3.8, 4) is 17.2 Å². The van der Waals surface area contributed by atoms with E-state index in [4.69, 9.17) is 18.9 Å². The van der Waals surface area contributed by atoms with Crippen LogP contribution in [0, 0.1) is 5.92 Å². The molecule has 1 N–H and O–H groups in total. The van der Waals surface area contributed by atoms with Gasteiger partial charge in [0.1, 0.15) is 11.8 Å². The summed E-state index contributed by atoms with van der Waals surface area (Å²) in [6.07, 6.45) is 3.08. The third-order valence-corrected chi connectivity index (χ3v) is 6.24. The zero-order valence-corrected chi connectivity index (χ0v) is 16.7. The summed E-state index contributed by atoms with van der Waals surface area (Å²) >= 11 is 0. The summed E-state index contributed by atoms with van der Waals surface area (Å²) in [5.41, 5.74) is 2.11. The lowest BCUT2D eigenvalue weighted by molar-refractivity contribution is -0.914. The molecule has 0 radical (unpaired) electrons. The van der Waals surface area contributed by atoms with Crippen molar-refractivity contribution in [2.75, 3.05) is 34.1 Å². The van der Waals surface area contributed by atoms with Crippen molar-refractivity contribution in [3.63, 3.8) is 0 Å². The Hall–Kier alpha value is -1.79. The first-order chi connectivity index (χ1) is 12.9. The van der Waals surface area contributed by atoms with Crippen LogP contribution in [0.4, 0.5) is 0 Å². The minimum atomic E-state index is -0.217. The van der Waals surface area contributed by atoms with E-state index in [9.17, 15) is 4.79 Å². The first-order valence-electron chi connectivity index (χ1n) is 9.88. The molecule has 3 aliphatic heterocycles. The molecular formula is C21H30NO5+. The second kappa shape index (κ2) is 6.99. The van der Waals surface area contributed by atoms with Crippen molar-refractivity contribution in [2.45, 2.75) is 51.2 Å². The number of likely N-dealkylation sites (N-methyl/N-ethyl adjacent to an activating group) is 1. The Kier molecular flexibility index (Phi) is 4.80.